The highest BCUT2D eigenvalue weighted by Gasteiger charge is 2.06. The van der Waals surface area contributed by atoms with Gasteiger partial charge in [0.15, 0.2) is 0 Å². The Morgan fingerprint density at radius 3 is 2.46 bits per heavy atom. The lowest BCUT2D eigenvalue weighted by atomic mass is 9.99. The van der Waals surface area contributed by atoms with Crippen molar-refractivity contribution in [1.29, 1.82) is 0 Å². The maximum Gasteiger partial charge on any atom is 0.0162 e. The molecule has 1 unspecified atom stereocenters. The van der Waals surface area contributed by atoms with Gasteiger partial charge in [0.1, 0.15) is 0 Å². The Morgan fingerprint density at radius 2 is 2.00 bits per heavy atom. The largest absolute Gasteiger partial charge is 0.329 e. The van der Waals surface area contributed by atoms with E-state index in [2.05, 4.69) is 26.1 Å². The summed E-state index contributed by atoms with van der Waals surface area (Å²) < 4.78 is 0. The van der Waals surface area contributed by atoms with Crippen LogP contribution in [0.3, 0.4) is 0 Å². The van der Waals surface area contributed by atoms with E-state index in [9.17, 15) is 0 Å². The maximum atomic E-state index is 5.54. The van der Waals surface area contributed by atoms with E-state index in [1.165, 1.54) is 25.7 Å². The van der Waals surface area contributed by atoms with Gasteiger partial charge >= 0.3 is 0 Å². The molecule has 2 heteroatoms. The van der Waals surface area contributed by atoms with Crippen LogP contribution in [0.5, 0.6) is 0 Å². The molecule has 0 rings (SSSR count). The minimum Gasteiger partial charge on any atom is -0.329 e. The minimum atomic E-state index is 0.468. The molecular weight excluding hydrogens is 160 g/mol. The molecule has 80 valence electrons. The van der Waals surface area contributed by atoms with Crippen LogP contribution in [-0.2, 0) is 0 Å². The molecule has 0 saturated heterocycles. The molecule has 0 aliphatic heterocycles. The molecular formula is C11H26N2. The molecule has 0 bridgehead atoms. The molecule has 0 saturated carbocycles. The van der Waals surface area contributed by atoms with Crippen molar-refractivity contribution >= 4 is 0 Å². The summed E-state index contributed by atoms with van der Waals surface area (Å²) in [5, 5.41) is 3.47. The number of hydrogen-bond donors (Lipinski definition) is 2. The first-order valence-electron chi connectivity index (χ1n) is 5.68. The second-order valence-electron chi connectivity index (χ2n) is 3.96. The summed E-state index contributed by atoms with van der Waals surface area (Å²) in [5.74, 6) is 0.842. The van der Waals surface area contributed by atoms with Gasteiger partial charge in [-0.05, 0) is 25.8 Å². The summed E-state index contributed by atoms with van der Waals surface area (Å²) in [6.45, 7) is 8.55. The van der Waals surface area contributed by atoms with Crippen LogP contribution in [0, 0.1) is 5.92 Å². The first-order valence-corrected chi connectivity index (χ1v) is 5.68. The molecule has 0 spiro atoms. The molecule has 0 aromatic carbocycles. The topological polar surface area (TPSA) is 38.0 Å². The van der Waals surface area contributed by atoms with Gasteiger partial charge in [-0.25, -0.2) is 0 Å². The first-order chi connectivity index (χ1) is 6.24. The second kappa shape index (κ2) is 8.52. The van der Waals surface area contributed by atoms with Crippen molar-refractivity contribution < 1.29 is 0 Å². The number of nitrogens with one attached hydrogen (secondary N) is 1. The van der Waals surface area contributed by atoms with E-state index >= 15 is 0 Å². The van der Waals surface area contributed by atoms with E-state index in [1.807, 2.05) is 0 Å². The summed E-state index contributed by atoms with van der Waals surface area (Å²) in [7, 11) is 0. The van der Waals surface area contributed by atoms with Gasteiger partial charge < -0.3 is 11.1 Å². The zero-order valence-electron chi connectivity index (χ0n) is 9.47. The van der Waals surface area contributed by atoms with Crippen LogP contribution in [-0.4, -0.2) is 19.1 Å². The smallest absolute Gasteiger partial charge is 0.0162 e. The van der Waals surface area contributed by atoms with Gasteiger partial charge in [0.2, 0.25) is 0 Å². The summed E-state index contributed by atoms with van der Waals surface area (Å²) >= 11 is 0. The summed E-state index contributed by atoms with van der Waals surface area (Å²) in [6, 6.07) is 0.468. The molecule has 0 aliphatic carbocycles. The summed E-state index contributed by atoms with van der Waals surface area (Å²) in [5.41, 5.74) is 5.54. The van der Waals surface area contributed by atoms with E-state index in [1.54, 1.807) is 0 Å². The normalized spacial score (nSPS) is 15.7. The van der Waals surface area contributed by atoms with Crippen molar-refractivity contribution in [2.24, 2.45) is 11.7 Å². The predicted molar refractivity (Wildman–Crippen MR) is 59.8 cm³/mol. The number of unbranched alkanes of at least 4 members (excludes halogenated alkanes) is 1. The molecule has 0 radical (unpaired) electrons. The Morgan fingerprint density at radius 1 is 1.31 bits per heavy atom. The molecule has 2 nitrogen and oxygen atoms in total. The van der Waals surface area contributed by atoms with E-state index < -0.39 is 0 Å². The van der Waals surface area contributed by atoms with Gasteiger partial charge in [0.05, 0.1) is 0 Å². The van der Waals surface area contributed by atoms with E-state index in [0.717, 1.165) is 19.0 Å². The van der Waals surface area contributed by atoms with Crippen LogP contribution in [0.2, 0.25) is 0 Å². The molecule has 0 amide bonds. The van der Waals surface area contributed by atoms with E-state index in [0.29, 0.717) is 6.04 Å². The first kappa shape index (κ1) is 12.9. The SMILES string of the molecule is CCCCC(CC)CN[C@@H](C)CN. The van der Waals surface area contributed by atoms with Crippen molar-refractivity contribution in [2.45, 2.75) is 52.5 Å². The summed E-state index contributed by atoms with van der Waals surface area (Å²) in [6.07, 6.45) is 5.31. The van der Waals surface area contributed by atoms with Gasteiger partial charge in [-0.1, -0.05) is 33.1 Å². The minimum absolute atomic E-state index is 0.468. The predicted octanol–water partition coefficient (Wildman–Crippen LogP) is 2.14. The third-order valence-corrected chi connectivity index (χ3v) is 2.65. The van der Waals surface area contributed by atoms with Crippen LogP contribution < -0.4 is 11.1 Å². The Bertz CT molecular complexity index is 104. The fourth-order valence-electron chi connectivity index (χ4n) is 1.39. The molecule has 2 atom stereocenters. The molecule has 0 aliphatic rings. The van der Waals surface area contributed by atoms with Gasteiger partial charge in [-0.2, -0.15) is 0 Å². The van der Waals surface area contributed by atoms with Crippen molar-refractivity contribution in [3.63, 3.8) is 0 Å². The zero-order chi connectivity index (χ0) is 10.1. The highest BCUT2D eigenvalue weighted by atomic mass is 14.9. The third kappa shape index (κ3) is 7.03. The lowest BCUT2D eigenvalue weighted by molar-refractivity contribution is 0.397. The molecule has 3 N–H and O–H groups in total. The Labute approximate surface area is 83.3 Å². The van der Waals surface area contributed by atoms with Crippen molar-refractivity contribution in [3.05, 3.63) is 0 Å². The highest BCUT2D eigenvalue weighted by molar-refractivity contribution is 4.66. The van der Waals surface area contributed by atoms with Crippen molar-refractivity contribution in [3.8, 4) is 0 Å². The molecule has 0 aromatic heterocycles. The van der Waals surface area contributed by atoms with Crippen LogP contribution in [0.25, 0.3) is 0 Å². The van der Waals surface area contributed by atoms with Crippen LogP contribution in [0.1, 0.15) is 46.5 Å². The Hall–Kier alpha value is -0.0800. The maximum absolute atomic E-state index is 5.54. The van der Waals surface area contributed by atoms with Gasteiger partial charge in [-0.15, -0.1) is 0 Å². The number of hydrogen-bond acceptors (Lipinski definition) is 2. The van der Waals surface area contributed by atoms with Crippen molar-refractivity contribution in [1.82, 2.24) is 5.32 Å². The fraction of sp³-hybridized carbons (Fsp3) is 1.00. The van der Waals surface area contributed by atoms with Crippen LogP contribution in [0.15, 0.2) is 0 Å². The Kier molecular flexibility index (Phi) is 8.46. The van der Waals surface area contributed by atoms with Crippen LogP contribution in [0.4, 0.5) is 0 Å². The number of nitrogens with two attached hydrogens (primary N) is 1. The van der Waals surface area contributed by atoms with Crippen LogP contribution >= 0.6 is 0 Å². The van der Waals surface area contributed by atoms with Gasteiger partial charge in [0.25, 0.3) is 0 Å². The lowest BCUT2D eigenvalue weighted by Gasteiger charge is -2.18. The van der Waals surface area contributed by atoms with E-state index in [4.69, 9.17) is 5.73 Å². The van der Waals surface area contributed by atoms with Crippen molar-refractivity contribution in [2.75, 3.05) is 13.1 Å². The quantitative estimate of drug-likeness (QED) is 0.609. The highest BCUT2D eigenvalue weighted by Crippen LogP contribution is 2.11. The monoisotopic (exact) mass is 186 g/mol. The molecule has 13 heavy (non-hydrogen) atoms. The van der Waals surface area contributed by atoms with Gasteiger partial charge in [0, 0.05) is 12.6 Å². The second-order valence-corrected chi connectivity index (χ2v) is 3.96. The zero-order valence-corrected chi connectivity index (χ0v) is 9.47. The third-order valence-electron chi connectivity index (χ3n) is 2.65. The number of rotatable bonds is 8. The molecule has 0 heterocycles. The lowest BCUT2D eigenvalue weighted by Crippen LogP contribution is -2.36. The standard InChI is InChI=1S/C11H26N2/c1-4-6-7-11(5-2)9-13-10(3)8-12/h10-11,13H,4-9,12H2,1-3H3/t10-,11?/m0/s1. The molecule has 0 aromatic rings. The molecule has 0 fully saturated rings. The average Bonchev–Trinajstić information content (AvgIpc) is 2.17. The van der Waals surface area contributed by atoms with Gasteiger partial charge in [-0.3, -0.25) is 0 Å². The Balaban J connectivity index is 3.46. The fourth-order valence-corrected chi connectivity index (χ4v) is 1.39. The average molecular weight is 186 g/mol. The summed E-state index contributed by atoms with van der Waals surface area (Å²) in [4.78, 5) is 0. The van der Waals surface area contributed by atoms with E-state index in [-0.39, 0.29) is 0 Å².